The van der Waals surface area contributed by atoms with Crippen molar-refractivity contribution in [1.82, 2.24) is 19.9 Å². The lowest BCUT2D eigenvalue weighted by molar-refractivity contribution is 0.0943. The fraction of sp³-hybridized carbons (Fsp3) is 0.161. The van der Waals surface area contributed by atoms with Crippen LogP contribution in [0.3, 0.4) is 0 Å². The number of carbonyl (C=O) groups excluding carboxylic acids is 2. The summed E-state index contributed by atoms with van der Waals surface area (Å²) in [6.07, 6.45) is 3.58. The maximum absolute atomic E-state index is 12.6. The Balaban J connectivity index is 1.27. The Morgan fingerprint density at radius 3 is 2.38 bits per heavy atom. The fourth-order valence-electron chi connectivity index (χ4n) is 4.35. The van der Waals surface area contributed by atoms with Crippen LogP contribution in [0.2, 0.25) is 0 Å². The van der Waals surface area contributed by atoms with Gasteiger partial charge < -0.3 is 25.3 Å². The number of carbonyl (C=O) groups is 2. The summed E-state index contributed by atoms with van der Waals surface area (Å²) in [4.78, 5) is 34.1. The van der Waals surface area contributed by atoms with Crippen molar-refractivity contribution >= 4 is 34.5 Å². The molecular weight excluding hydrogens is 504 g/mol. The summed E-state index contributed by atoms with van der Waals surface area (Å²) in [5.74, 6) is 0.626. The second-order valence-electron chi connectivity index (χ2n) is 9.62. The van der Waals surface area contributed by atoms with E-state index in [9.17, 15) is 9.59 Å². The van der Waals surface area contributed by atoms with Crippen molar-refractivity contribution in [1.29, 1.82) is 0 Å². The predicted molar refractivity (Wildman–Crippen MR) is 157 cm³/mol. The van der Waals surface area contributed by atoms with Crippen LogP contribution in [0.4, 0.5) is 16.2 Å². The van der Waals surface area contributed by atoms with Crippen molar-refractivity contribution in [2.24, 2.45) is 0 Å². The molecule has 0 aliphatic rings. The summed E-state index contributed by atoms with van der Waals surface area (Å²) in [7, 11) is 1.65. The van der Waals surface area contributed by atoms with E-state index in [1.54, 1.807) is 43.9 Å². The molecule has 0 saturated heterocycles. The van der Waals surface area contributed by atoms with Gasteiger partial charge in [-0.1, -0.05) is 30.3 Å². The first-order valence-corrected chi connectivity index (χ1v) is 12.9. The van der Waals surface area contributed by atoms with Gasteiger partial charge in [-0.3, -0.25) is 4.79 Å². The van der Waals surface area contributed by atoms with Gasteiger partial charge in [0.05, 0.1) is 20.0 Å². The monoisotopic (exact) mass is 534 g/mol. The molecule has 5 rings (SSSR count). The van der Waals surface area contributed by atoms with E-state index in [2.05, 4.69) is 25.9 Å². The van der Waals surface area contributed by atoms with Gasteiger partial charge >= 0.3 is 6.03 Å². The standard InChI is InChI=1S/C31H30N6O3/c1-20(2)34-30(38)23-5-4-6-25(17-23)36-31(39)35-24-11-9-22(10-12-24)27-15-16-32-29-28(27)33-19-37(29)18-21-7-13-26(40-3)14-8-21/h4-17,19-20H,18H2,1-3H3,(H,34,38)(H2,35,36,39). The van der Waals surface area contributed by atoms with Crippen LogP contribution in [-0.4, -0.2) is 39.6 Å². The summed E-state index contributed by atoms with van der Waals surface area (Å²) in [5.41, 5.74) is 6.25. The van der Waals surface area contributed by atoms with Crippen LogP contribution in [0.25, 0.3) is 22.3 Å². The van der Waals surface area contributed by atoms with Crippen LogP contribution in [0, 0.1) is 0 Å². The minimum atomic E-state index is -0.405. The Morgan fingerprint density at radius 1 is 0.900 bits per heavy atom. The predicted octanol–water partition coefficient (Wildman–Crippen LogP) is 5.94. The van der Waals surface area contributed by atoms with Gasteiger partial charge in [-0.2, -0.15) is 0 Å². The van der Waals surface area contributed by atoms with Crippen LogP contribution in [0.15, 0.2) is 91.4 Å². The number of fused-ring (bicyclic) bond motifs is 1. The number of amides is 3. The number of imidazole rings is 1. The minimum Gasteiger partial charge on any atom is -0.497 e. The zero-order valence-corrected chi connectivity index (χ0v) is 22.5. The number of benzene rings is 3. The Kier molecular flexibility index (Phi) is 7.72. The number of hydrogen-bond donors (Lipinski definition) is 3. The number of hydrogen-bond acceptors (Lipinski definition) is 5. The molecule has 2 heterocycles. The molecule has 0 bridgehead atoms. The van der Waals surface area contributed by atoms with E-state index in [0.717, 1.165) is 33.6 Å². The number of ether oxygens (including phenoxy) is 1. The molecule has 0 unspecified atom stereocenters. The molecule has 202 valence electrons. The van der Waals surface area contributed by atoms with Crippen LogP contribution in [-0.2, 0) is 6.54 Å². The van der Waals surface area contributed by atoms with Gasteiger partial charge in [0.2, 0.25) is 0 Å². The molecule has 0 radical (unpaired) electrons. The molecule has 0 atom stereocenters. The van der Waals surface area contributed by atoms with Gasteiger partial charge in [-0.15, -0.1) is 0 Å². The summed E-state index contributed by atoms with van der Waals surface area (Å²) in [6, 6.07) is 23.8. The van der Waals surface area contributed by atoms with Crippen LogP contribution in [0.1, 0.15) is 29.8 Å². The Morgan fingerprint density at radius 2 is 1.65 bits per heavy atom. The molecule has 2 aromatic heterocycles. The van der Waals surface area contributed by atoms with E-state index in [-0.39, 0.29) is 11.9 Å². The molecule has 9 nitrogen and oxygen atoms in total. The number of aromatic nitrogens is 3. The number of methoxy groups -OCH3 is 1. The van der Waals surface area contributed by atoms with E-state index in [1.807, 2.05) is 73.0 Å². The van der Waals surface area contributed by atoms with Crippen molar-refractivity contribution in [2.75, 3.05) is 17.7 Å². The van der Waals surface area contributed by atoms with Crippen molar-refractivity contribution < 1.29 is 14.3 Å². The highest BCUT2D eigenvalue weighted by atomic mass is 16.5. The Bertz CT molecular complexity index is 1640. The lowest BCUT2D eigenvalue weighted by Gasteiger charge is -2.11. The molecule has 0 aliphatic carbocycles. The number of anilines is 2. The van der Waals surface area contributed by atoms with Gasteiger partial charge in [-0.25, -0.2) is 14.8 Å². The Hall–Kier alpha value is -5.18. The van der Waals surface area contributed by atoms with E-state index in [0.29, 0.717) is 23.5 Å². The SMILES string of the molecule is COc1ccc(Cn2cnc3c(-c4ccc(NC(=O)Nc5cccc(C(=O)NC(C)C)c5)cc4)ccnc32)cc1. The molecule has 3 amide bonds. The summed E-state index contributed by atoms with van der Waals surface area (Å²) < 4.78 is 7.26. The lowest BCUT2D eigenvalue weighted by Crippen LogP contribution is -2.30. The highest BCUT2D eigenvalue weighted by Gasteiger charge is 2.12. The number of urea groups is 1. The average Bonchev–Trinajstić information content (AvgIpc) is 3.36. The molecule has 0 saturated carbocycles. The van der Waals surface area contributed by atoms with Gasteiger partial charge in [0.1, 0.15) is 11.3 Å². The lowest BCUT2D eigenvalue weighted by atomic mass is 10.1. The second kappa shape index (κ2) is 11.7. The summed E-state index contributed by atoms with van der Waals surface area (Å²) >= 11 is 0. The van der Waals surface area contributed by atoms with Crippen molar-refractivity contribution in [3.8, 4) is 16.9 Å². The van der Waals surface area contributed by atoms with E-state index in [4.69, 9.17) is 4.74 Å². The third-order valence-electron chi connectivity index (χ3n) is 6.27. The number of nitrogens with one attached hydrogen (secondary N) is 3. The van der Waals surface area contributed by atoms with Gasteiger partial charge in [0, 0.05) is 34.7 Å². The van der Waals surface area contributed by atoms with Crippen molar-refractivity contribution in [3.05, 3.63) is 103 Å². The molecule has 3 aromatic carbocycles. The maximum Gasteiger partial charge on any atom is 0.323 e. The molecular formula is C31H30N6O3. The largest absolute Gasteiger partial charge is 0.497 e. The van der Waals surface area contributed by atoms with E-state index >= 15 is 0 Å². The molecule has 0 aliphatic heterocycles. The molecule has 9 heteroatoms. The zero-order valence-electron chi connectivity index (χ0n) is 22.5. The first kappa shape index (κ1) is 26.4. The highest BCUT2D eigenvalue weighted by Crippen LogP contribution is 2.28. The minimum absolute atomic E-state index is 0.0219. The molecule has 40 heavy (non-hydrogen) atoms. The Labute approximate surface area is 232 Å². The third-order valence-corrected chi connectivity index (χ3v) is 6.27. The second-order valence-corrected chi connectivity index (χ2v) is 9.62. The summed E-state index contributed by atoms with van der Waals surface area (Å²) in [5, 5.41) is 8.46. The van der Waals surface area contributed by atoms with Crippen molar-refractivity contribution in [2.45, 2.75) is 26.4 Å². The quantitative estimate of drug-likeness (QED) is 0.228. The average molecular weight is 535 g/mol. The van der Waals surface area contributed by atoms with Crippen LogP contribution < -0.4 is 20.7 Å². The highest BCUT2D eigenvalue weighted by molar-refractivity contribution is 6.01. The molecule has 0 fully saturated rings. The van der Waals surface area contributed by atoms with Gasteiger partial charge in [0.15, 0.2) is 5.65 Å². The topological polar surface area (TPSA) is 110 Å². The molecule has 0 spiro atoms. The summed E-state index contributed by atoms with van der Waals surface area (Å²) in [6.45, 7) is 4.43. The van der Waals surface area contributed by atoms with Crippen molar-refractivity contribution in [3.63, 3.8) is 0 Å². The van der Waals surface area contributed by atoms with E-state index in [1.165, 1.54) is 0 Å². The number of pyridine rings is 1. The van der Waals surface area contributed by atoms with Crippen LogP contribution >= 0.6 is 0 Å². The van der Waals surface area contributed by atoms with E-state index < -0.39 is 6.03 Å². The van der Waals surface area contributed by atoms with Gasteiger partial charge in [0.25, 0.3) is 5.91 Å². The maximum atomic E-state index is 12.6. The molecule has 3 N–H and O–H groups in total. The normalized spacial score (nSPS) is 10.9. The number of rotatable bonds is 8. The van der Waals surface area contributed by atoms with Gasteiger partial charge in [-0.05, 0) is 73.5 Å². The first-order chi connectivity index (χ1) is 19.4. The molecule has 5 aromatic rings. The first-order valence-electron chi connectivity index (χ1n) is 12.9. The van der Waals surface area contributed by atoms with Crippen LogP contribution in [0.5, 0.6) is 5.75 Å². The smallest absolute Gasteiger partial charge is 0.323 e. The third kappa shape index (κ3) is 6.10. The number of nitrogens with zero attached hydrogens (tertiary/aromatic N) is 3. The fourth-order valence-corrected chi connectivity index (χ4v) is 4.35. The zero-order chi connectivity index (χ0) is 28.1.